The highest BCUT2D eigenvalue weighted by Crippen LogP contribution is 2.35. The van der Waals surface area contributed by atoms with Gasteiger partial charge in [0.25, 0.3) is 0 Å². The highest BCUT2D eigenvalue weighted by atomic mass is 79.9. The third-order valence-corrected chi connectivity index (χ3v) is 4.57. The van der Waals surface area contributed by atoms with Crippen molar-refractivity contribution in [2.75, 3.05) is 30.8 Å². The lowest BCUT2D eigenvalue weighted by atomic mass is 9.74. The van der Waals surface area contributed by atoms with Crippen LogP contribution in [0.25, 0.3) is 0 Å². The van der Waals surface area contributed by atoms with Gasteiger partial charge in [0, 0.05) is 24.2 Å². The van der Waals surface area contributed by atoms with Crippen molar-refractivity contribution in [2.45, 2.75) is 26.7 Å². The van der Waals surface area contributed by atoms with E-state index in [1.165, 1.54) is 0 Å². The molecule has 0 aliphatic carbocycles. The van der Waals surface area contributed by atoms with Gasteiger partial charge in [0.05, 0.1) is 11.4 Å². The number of benzene rings is 1. The van der Waals surface area contributed by atoms with Crippen molar-refractivity contribution < 1.29 is 4.74 Å². The minimum Gasteiger partial charge on any atom is -0.397 e. The van der Waals surface area contributed by atoms with Gasteiger partial charge in [-0.15, -0.1) is 0 Å². The average Bonchev–Trinajstić information content (AvgIpc) is 2.39. The summed E-state index contributed by atoms with van der Waals surface area (Å²) in [6.07, 6.45) is 2.31. The molecular weight excluding hydrogens is 304 g/mol. The number of anilines is 2. The molecule has 3 nitrogen and oxygen atoms in total. The Hall–Kier alpha value is -0.740. The summed E-state index contributed by atoms with van der Waals surface area (Å²) in [6.45, 7) is 7.38. The van der Waals surface area contributed by atoms with Crippen LogP contribution in [0.5, 0.6) is 0 Å². The van der Waals surface area contributed by atoms with Crippen LogP contribution >= 0.6 is 15.9 Å². The first kappa shape index (κ1) is 14.7. The summed E-state index contributed by atoms with van der Waals surface area (Å²) in [5.74, 6) is 0.713. The van der Waals surface area contributed by atoms with Gasteiger partial charge in [-0.1, -0.05) is 29.8 Å². The Morgan fingerprint density at radius 3 is 2.68 bits per heavy atom. The number of nitrogens with one attached hydrogen (secondary N) is 1. The van der Waals surface area contributed by atoms with Gasteiger partial charge in [0.2, 0.25) is 0 Å². The Morgan fingerprint density at radius 1 is 1.37 bits per heavy atom. The molecular formula is C15H23BrN2O. The third kappa shape index (κ3) is 3.86. The van der Waals surface area contributed by atoms with Crippen molar-refractivity contribution in [2.24, 2.45) is 11.3 Å². The molecule has 1 saturated heterocycles. The number of hydrogen-bond acceptors (Lipinski definition) is 3. The topological polar surface area (TPSA) is 47.3 Å². The van der Waals surface area contributed by atoms with Crippen molar-refractivity contribution in [3.05, 3.63) is 22.7 Å². The fraction of sp³-hybridized carbons (Fsp3) is 0.600. The number of halogens is 1. The van der Waals surface area contributed by atoms with Gasteiger partial charge in [-0.3, -0.25) is 0 Å². The molecule has 3 N–H and O–H groups in total. The van der Waals surface area contributed by atoms with Gasteiger partial charge in [-0.2, -0.15) is 0 Å². The second-order valence-electron chi connectivity index (χ2n) is 5.96. The van der Waals surface area contributed by atoms with E-state index in [0.717, 1.165) is 48.4 Å². The van der Waals surface area contributed by atoms with Crippen molar-refractivity contribution in [1.82, 2.24) is 0 Å². The van der Waals surface area contributed by atoms with Gasteiger partial charge in [-0.25, -0.2) is 0 Å². The summed E-state index contributed by atoms with van der Waals surface area (Å²) in [5.41, 5.74) is 8.08. The first-order valence-corrected chi connectivity index (χ1v) is 7.65. The second kappa shape index (κ2) is 6.14. The van der Waals surface area contributed by atoms with E-state index in [9.17, 15) is 0 Å². The Bertz CT molecular complexity index is 428. The molecule has 1 aromatic carbocycles. The fourth-order valence-electron chi connectivity index (χ4n) is 2.64. The molecule has 0 aromatic heterocycles. The zero-order valence-electron chi connectivity index (χ0n) is 11.7. The van der Waals surface area contributed by atoms with Crippen molar-refractivity contribution in [1.29, 1.82) is 0 Å². The van der Waals surface area contributed by atoms with Crippen LogP contribution in [0.15, 0.2) is 22.7 Å². The van der Waals surface area contributed by atoms with Crippen LogP contribution in [0.3, 0.4) is 0 Å². The van der Waals surface area contributed by atoms with Crippen molar-refractivity contribution >= 4 is 27.3 Å². The Morgan fingerprint density at radius 2 is 2.05 bits per heavy atom. The van der Waals surface area contributed by atoms with Gasteiger partial charge in [-0.05, 0) is 42.4 Å². The molecule has 1 heterocycles. The third-order valence-electron chi connectivity index (χ3n) is 4.07. The van der Waals surface area contributed by atoms with E-state index < -0.39 is 0 Å². The largest absolute Gasteiger partial charge is 0.397 e. The zero-order valence-corrected chi connectivity index (χ0v) is 13.3. The first-order chi connectivity index (χ1) is 8.99. The number of nitrogens with two attached hydrogens (primary N) is 1. The molecule has 106 valence electrons. The lowest BCUT2D eigenvalue weighted by molar-refractivity contribution is 0.0269. The quantitative estimate of drug-likeness (QED) is 0.825. The van der Waals surface area contributed by atoms with Crippen LogP contribution in [-0.2, 0) is 4.74 Å². The Labute approximate surface area is 124 Å². The molecule has 0 bridgehead atoms. The van der Waals surface area contributed by atoms with E-state index in [4.69, 9.17) is 10.5 Å². The molecule has 1 fully saturated rings. The van der Waals surface area contributed by atoms with Crippen molar-refractivity contribution in [3.8, 4) is 0 Å². The SMILES string of the molecule is CC(C)(CNc1ccc(Br)cc1N)C1CCOCC1. The smallest absolute Gasteiger partial charge is 0.0574 e. The van der Waals surface area contributed by atoms with E-state index in [1.54, 1.807) is 0 Å². The number of ether oxygens (including phenoxy) is 1. The molecule has 1 aliphatic rings. The van der Waals surface area contributed by atoms with Gasteiger partial charge < -0.3 is 15.8 Å². The minimum absolute atomic E-state index is 0.253. The van der Waals surface area contributed by atoms with Crippen LogP contribution < -0.4 is 11.1 Å². The molecule has 2 rings (SSSR count). The summed E-state index contributed by atoms with van der Waals surface area (Å²) in [6, 6.07) is 5.98. The molecule has 0 unspecified atom stereocenters. The summed E-state index contributed by atoms with van der Waals surface area (Å²) in [5, 5.41) is 3.49. The summed E-state index contributed by atoms with van der Waals surface area (Å²) >= 11 is 3.43. The van der Waals surface area contributed by atoms with E-state index in [2.05, 4.69) is 35.1 Å². The van der Waals surface area contributed by atoms with Crippen LogP contribution in [0.2, 0.25) is 0 Å². The maximum Gasteiger partial charge on any atom is 0.0574 e. The molecule has 0 saturated carbocycles. The minimum atomic E-state index is 0.253. The van der Waals surface area contributed by atoms with E-state index in [1.807, 2.05) is 18.2 Å². The molecule has 19 heavy (non-hydrogen) atoms. The molecule has 0 spiro atoms. The highest BCUT2D eigenvalue weighted by molar-refractivity contribution is 9.10. The van der Waals surface area contributed by atoms with Crippen molar-refractivity contribution in [3.63, 3.8) is 0 Å². The predicted molar refractivity (Wildman–Crippen MR) is 84.4 cm³/mol. The van der Waals surface area contributed by atoms with E-state index >= 15 is 0 Å². The Kier molecular flexibility index (Phi) is 4.74. The molecule has 1 aromatic rings. The van der Waals surface area contributed by atoms with Gasteiger partial charge in [0.15, 0.2) is 0 Å². The standard InChI is InChI=1S/C15H23BrN2O/c1-15(2,11-5-7-19-8-6-11)10-18-14-4-3-12(16)9-13(14)17/h3-4,9,11,18H,5-8,10,17H2,1-2H3. The molecule has 1 aliphatic heterocycles. The molecule has 4 heteroatoms. The van der Waals surface area contributed by atoms with Gasteiger partial charge >= 0.3 is 0 Å². The summed E-state index contributed by atoms with van der Waals surface area (Å²) < 4.78 is 6.46. The number of hydrogen-bond donors (Lipinski definition) is 2. The lowest BCUT2D eigenvalue weighted by Gasteiger charge is -2.37. The zero-order chi connectivity index (χ0) is 13.9. The first-order valence-electron chi connectivity index (χ1n) is 6.86. The van der Waals surface area contributed by atoms with Crippen LogP contribution in [0.1, 0.15) is 26.7 Å². The average molecular weight is 327 g/mol. The maximum atomic E-state index is 6.02. The summed E-state index contributed by atoms with van der Waals surface area (Å²) in [7, 11) is 0. The highest BCUT2D eigenvalue weighted by Gasteiger charge is 2.30. The second-order valence-corrected chi connectivity index (χ2v) is 6.88. The molecule has 0 amide bonds. The lowest BCUT2D eigenvalue weighted by Crippen LogP contribution is -2.35. The normalized spacial score (nSPS) is 17.4. The van der Waals surface area contributed by atoms with Crippen LogP contribution in [-0.4, -0.2) is 19.8 Å². The molecule has 0 atom stereocenters. The van der Waals surface area contributed by atoms with Crippen LogP contribution in [0, 0.1) is 11.3 Å². The molecule has 0 radical (unpaired) electrons. The van der Waals surface area contributed by atoms with E-state index in [-0.39, 0.29) is 5.41 Å². The number of rotatable bonds is 4. The van der Waals surface area contributed by atoms with E-state index in [0.29, 0.717) is 5.92 Å². The van der Waals surface area contributed by atoms with Gasteiger partial charge in [0.1, 0.15) is 0 Å². The Balaban J connectivity index is 1.96. The monoisotopic (exact) mass is 326 g/mol. The summed E-state index contributed by atoms with van der Waals surface area (Å²) in [4.78, 5) is 0. The van der Waals surface area contributed by atoms with Crippen LogP contribution in [0.4, 0.5) is 11.4 Å². The maximum absolute atomic E-state index is 6.02. The number of nitrogen functional groups attached to an aromatic ring is 1. The fourth-order valence-corrected chi connectivity index (χ4v) is 3.02. The predicted octanol–water partition coefficient (Wildman–Crippen LogP) is 3.90.